The Morgan fingerprint density at radius 3 is 2.25 bits per heavy atom. The first-order valence-corrected chi connectivity index (χ1v) is 5.67. The van der Waals surface area contributed by atoms with Gasteiger partial charge in [0.1, 0.15) is 6.10 Å². The van der Waals surface area contributed by atoms with Gasteiger partial charge >= 0.3 is 11.9 Å². The van der Waals surface area contributed by atoms with Gasteiger partial charge in [0.15, 0.2) is 0 Å². The Balaban J connectivity index is 2.26. The zero-order valence-electron chi connectivity index (χ0n) is 9.77. The Morgan fingerprint density at radius 1 is 1.12 bits per heavy atom. The van der Waals surface area contributed by atoms with Gasteiger partial charge < -0.3 is 9.47 Å². The lowest BCUT2D eigenvalue weighted by Crippen LogP contribution is -2.13. The quantitative estimate of drug-likeness (QED) is 0.543. The molecule has 0 aromatic rings. The third kappa shape index (κ3) is 4.96. The molecule has 1 saturated carbocycles. The molecule has 1 aliphatic carbocycles. The third-order valence-electron chi connectivity index (χ3n) is 2.29. The summed E-state index contributed by atoms with van der Waals surface area (Å²) in [5, 5.41) is 0. The fourth-order valence-corrected chi connectivity index (χ4v) is 1.62. The molecule has 0 aromatic heterocycles. The molecule has 0 atom stereocenters. The van der Waals surface area contributed by atoms with Crippen LogP contribution >= 0.6 is 0 Å². The van der Waals surface area contributed by atoms with Crippen molar-refractivity contribution >= 4 is 11.9 Å². The van der Waals surface area contributed by atoms with Crippen molar-refractivity contribution in [1.82, 2.24) is 0 Å². The predicted octanol–water partition coefficient (Wildman–Crippen LogP) is 1.98. The highest BCUT2D eigenvalue weighted by atomic mass is 16.5. The average Bonchev–Trinajstić information content (AvgIpc) is 2.66. The maximum Gasteiger partial charge on any atom is 0.331 e. The van der Waals surface area contributed by atoms with Crippen molar-refractivity contribution in [3.8, 4) is 0 Å². The van der Waals surface area contributed by atoms with Crippen molar-refractivity contribution in [3.63, 3.8) is 0 Å². The molecule has 0 aromatic carbocycles. The highest BCUT2D eigenvalue weighted by Crippen LogP contribution is 2.20. The van der Waals surface area contributed by atoms with Crippen LogP contribution in [0.5, 0.6) is 0 Å². The minimum Gasteiger partial charge on any atom is -0.460 e. The molecule has 1 fully saturated rings. The number of ether oxygens (including phenoxy) is 2. The summed E-state index contributed by atoms with van der Waals surface area (Å²) >= 11 is 0. The molecule has 16 heavy (non-hydrogen) atoms. The van der Waals surface area contributed by atoms with Gasteiger partial charge in [-0.2, -0.15) is 0 Å². The molecule has 4 nitrogen and oxygen atoms in total. The summed E-state index contributed by atoms with van der Waals surface area (Å²) in [4.78, 5) is 22.4. The Bertz CT molecular complexity index is 275. The Kier molecular flexibility index (Phi) is 5.02. The zero-order chi connectivity index (χ0) is 12.0. The van der Waals surface area contributed by atoms with E-state index in [1.807, 2.05) is 0 Å². The molecule has 0 amide bonds. The van der Waals surface area contributed by atoms with Crippen LogP contribution in [0.2, 0.25) is 0 Å². The summed E-state index contributed by atoms with van der Waals surface area (Å²) < 4.78 is 9.97. The molecule has 1 aliphatic rings. The summed E-state index contributed by atoms with van der Waals surface area (Å²) in [5.41, 5.74) is 0. The van der Waals surface area contributed by atoms with Gasteiger partial charge in [-0.3, -0.25) is 0 Å². The van der Waals surface area contributed by atoms with E-state index >= 15 is 0 Å². The first-order chi connectivity index (χ1) is 7.58. The highest BCUT2D eigenvalue weighted by Gasteiger charge is 2.17. The molecule has 0 radical (unpaired) electrons. The van der Waals surface area contributed by atoms with Gasteiger partial charge in [-0.1, -0.05) is 0 Å². The van der Waals surface area contributed by atoms with Crippen LogP contribution in [0.4, 0.5) is 0 Å². The summed E-state index contributed by atoms with van der Waals surface area (Å²) in [7, 11) is 0. The number of carbonyl (C=O) groups excluding carboxylic acids is 2. The Hall–Kier alpha value is -1.32. The lowest BCUT2D eigenvalue weighted by atomic mass is 10.3. The van der Waals surface area contributed by atoms with Gasteiger partial charge in [0.2, 0.25) is 0 Å². The normalized spacial score (nSPS) is 16.9. The summed E-state index contributed by atoms with van der Waals surface area (Å²) in [6.45, 7) is 3.51. The van der Waals surface area contributed by atoms with Gasteiger partial charge in [0.05, 0.1) is 6.10 Å². The van der Waals surface area contributed by atoms with Crippen LogP contribution in [0, 0.1) is 0 Å². The number of hydrogen-bond donors (Lipinski definition) is 0. The van der Waals surface area contributed by atoms with Crippen LogP contribution in [-0.4, -0.2) is 24.1 Å². The minimum atomic E-state index is -0.515. The molecular weight excluding hydrogens is 208 g/mol. The maximum atomic E-state index is 11.3. The molecule has 0 N–H and O–H groups in total. The van der Waals surface area contributed by atoms with Crippen molar-refractivity contribution in [2.75, 3.05) is 0 Å². The molecule has 90 valence electrons. The van der Waals surface area contributed by atoms with Crippen LogP contribution < -0.4 is 0 Å². The van der Waals surface area contributed by atoms with Crippen molar-refractivity contribution in [2.24, 2.45) is 0 Å². The van der Waals surface area contributed by atoms with E-state index in [2.05, 4.69) is 0 Å². The first kappa shape index (κ1) is 12.7. The molecule has 0 bridgehead atoms. The molecular formula is C12H18O4. The number of hydrogen-bond acceptors (Lipinski definition) is 4. The van der Waals surface area contributed by atoms with E-state index in [9.17, 15) is 9.59 Å². The van der Waals surface area contributed by atoms with Crippen LogP contribution in [0.25, 0.3) is 0 Å². The molecule has 0 saturated heterocycles. The van der Waals surface area contributed by atoms with E-state index < -0.39 is 11.9 Å². The van der Waals surface area contributed by atoms with E-state index in [1.54, 1.807) is 13.8 Å². The van der Waals surface area contributed by atoms with Crippen molar-refractivity contribution < 1.29 is 19.1 Å². The molecule has 0 unspecified atom stereocenters. The molecule has 0 heterocycles. The predicted molar refractivity (Wildman–Crippen MR) is 58.7 cm³/mol. The first-order valence-electron chi connectivity index (χ1n) is 5.67. The standard InChI is InChI=1S/C12H18O4/c1-9(2)15-11(13)7-8-12(14)16-10-5-3-4-6-10/h7-10H,3-6H2,1-2H3/b8-7+. The van der Waals surface area contributed by atoms with Crippen LogP contribution in [0.1, 0.15) is 39.5 Å². The number of esters is 2. The largest absolute Gasteiger partial charge is 0.460 e. The SMILES string of the molecule is CC(C)OC(=O)/C=C/C(=O)OC1CCCC1. The second-order valence-corrected chi connectivity index (χ2v) is 4.16. The van der Waals surface area contributed by atoms with E-state index in [-0.39, 0.29) is 12.2 Å². The van der Waals surface area contributed by atoms with Gasteiger partial charge in [-0.05, 0) is 39.5 Å². The van der Waals surface area contributed by atoms with Crippen LogP contribution in [0.3, 0.4) is 0 Å². The fraction of sp³-hybridized carbons (Fsp3) is 0.667. The summed E-state index contributed by atoms with van der Waals surface area (Å²) in [6.07, 6.45) is 6.15. The number of rotatable bonds is 4. The minimum absolute atomic E-state index is 0.0262. The van der Waals surface area contributed by atoms with Gasteiger partial charge in [0.25, 0.3) is 0 Å². The van der Waals surface area contributed by atoms with E-state index in [0.29, 0.717) is 0 Å². The molecule has 0 aliphatic heterocycles. The van der Waals surface area contributed by atoms with Gasteiger partial charge in [-0.25, -0.2) is 9.59 Å². The van der Waals surface area contributed by atoms with Crippen molar-refractivity contribution in [2.45, 2.75) is 51.7 Å². The number of carbonyl (C=O) groups is 2. The molecule has 4 heteroatoms. The smallest absolute Gasteiger partial charge is 0.331 e. The molecule has 1 rings (SSSR count). The summed E-state index contributed by atoms with van der Waals surface area (Å²) in [5.74, 6) is -0.981. The van der Waals surface area contributed by atoms with Crippen LogP contribution in [-0.2, 0) is 19.1 Å². The Morgan fingerprint density at radius 2 is 1.69 bits per heavy atom. The fourth-order valence-electron chi connectivity index (χ4n) is 1.62. The third-order valence-corrected chi connectivity index (χ3v) is 2.29. The van der Waals surface area contributed by atoms with E-state index in [4.69, 9.17) is 9.47 Å². The monoisotopic (exact) mass is 226 g/mol. The average molecular weight is 226 g/mol. The summed E-state index contributed by atoms with van der Waals surface area (Å²) in [6, 6.07) is 0. The second kappa shape index (κ2) is 6.30. The van der Waals surface area contributed by atoms with E-state index in [0.717, 1.165) is 37.8 Å². The van der Waals surface area contributed by atoms with Crippen molar-refractivity contribution in [3.05, 3.63) is 12.2 Å². The molecule has 0 spiro atoms. The lowest BCUT2D eigenvalue weighted by Gasteiger charge is -2.08. The zero-order valence-corrected chi connectivity index (χ0v) is 9.77. The highest BCUT2D eigenvalue weighted by molar-refractivity contribution is 5.91. The lowest BCUT2D eigenvalue weighted by molar-refractivity contribution is -0.144. The topological polar surface area (TPSA) is 52.6 Å². The van der Waals surface area contributed by atoms with Crippen LogP contribution in [0.15, 0.2) is 12.2 Å². The van der Waals surface area contributed by atoms with Gasteiger partial charge in [-0.15, -0.1) is 0 Å². The van der Waals surface area contributed by atoms with E-state index in [1.165, 1.54) is 0 Å². The van der Waals surface area contributed by atoms with Crippen molar-refractivity contribution in [1.29, 1.82) is 0 Å². The second-order valence-electron chi connectivity index (χ2n) is 4.16. The Labute approximate surface area is 95.6 Å². The maximum absolute atomic E-state index is 11.3. The van der Waals surface area contributed by atoms with Gasteiger partial charge in [0, 0.05) is 12.2 Å².